The summed E-state index contributed by atoms with van der Waals surface area (Å²) < 4.78 is 1.30. The Morgan fingerprint density at radius 2 is 1.53 bits per heavy atom. The lowest BCUT2D eigenvalue weighted by molar-refractivity contribution is -0.910. The maximum Gasteiger partial charge on any atom is 0.0787 e. The first-order valence-electron chi connectivity index (χ1n) is 6.87. The first-order valence-corrected chi connectivity index (χ1v) is 6.87. The van der Waals surface area contributed by atoms with Gasteiger partial charge in [-0.05, 0) is 31.6 Å². The zero-order valence-electron chi connectivity index (χ0n) is 11.7. The van der Waals surface area contributed by atoms with Crippen LogP contribution in [0.5, 0.6) is 0 Å². The highest BCUT2D eigenvalue weighted by molar-refractivity contribution is 4.47. The van der Waals surface area contributed by atoms with Crippen molar-refractivity contribution in [1.29, 1.82) is 0 Å². The van der Waals surface area contributed by atoms with Crippen LogP contribution in [0, 0.1) is 5.92 Å². The summed E-state index contributed by atoms with van der Waals surface area (Å²) in [5.41, 5.74) is 0. The van der Waals surface area contributed by atoms with E-state index in [9.17, 15) is 0 Å². The molecule has 1 unspecified atom stereocenters. The molecule has 1 atom stereocenters. The fourth-order valence-electron chi connectivity index (χ4n) is 2.19. The topological polar surface area (TPSA) is 0 Å². The first-order chi connectivity index (χ1) is 7.04. The second kappa shape index (κ2) is 8.15. The van der Waals surface area contributed by atoms with Crippen LogP contribution in [-0.4, -0.2) is 31.2 Å². The largest absolute Gasteiger partial charge is 0.326 e. The Bertz CT molecular complexity index is 142. The van der Waals surface area contributed by atoms with Gasteiger partial charge < -0.3 is 4.48 Å². The average Bonchev–Trinajstić information content (AvgIpc) is 2.16. The fraction of sp³-hybridized carbons (Fsp3) is 1.00. The van der Waals surface area contributed by atoms with Crippen LogP contribution in [0.15, 0.2) is 0 Å². The van der Waals surface area contributed by atoms with E-state index in [1.165, 1.54) is 56.2 Å². The Morgan fingerprint density at radius 3 is 2.00 bits per heavy atom. The van der Waals surface area contributed by atoms with Crippen LogP contribution in [0.4, 0.5) is 0 Å². The highest BCUT2D eigenvalue weighted by atomic mass is 15.3. The van der Waals surface area contributed by atoms with Crippen molar-refractivity contribution >= 4 is 0 Å². The number of nitrogens with zero attached hydrogens (tertiary/aromatic N) is 1. The molecule has 0 heterocycles. The van der Waals surface area contributed by atoms with Gasteiger partial charge in [0, 0.05) is 0 Å². The summed E-state index contributed by atoms with van der Waals surface area (Å²) in [7, 11) is 2.45. The zero-order valence-corrected chi connectivity index (χ0v) is 11.7. The molecule has 0 aliphatic rings. The van der Waals surface area contributed by atoms with Crippen LogP contribution in [0.1, 0.15) is 59.8 Å². The molecule has 0 N–H and O–H groups in total. The lowest BCUT2D eigenvalue weighted by atomic mass is 10.1. The first kappa shape index (κ1) is 15.0. The van der Waals surface area contributed by atoms with E-state index in [1.807, 2.05) is 0 Å². The van der Waals surface area contributed by atoms with E-state index >= 15 is 0 Å². The zero-order chi connectivity index (χ0) is 11.7. The maximum absolute atomic E-state index is 2.45. The summed E-state index contributed by atoms with van der Waals surface area (Å²) in [6, 6.07) is 0. The molecule has 0 amide bonds. The van der Waals surface area contributed by atoms with Gasteiger partial charge in [0.1, 0.15) is 0 Å². The Morgan fingerprint density at radius 1 is 0.867 bits per heavy atom. The summed E-state index contributed by atoms with van der Waals surface area (Å²) in [5, 5.41) is 0. The van der Waals surface area contributed by atoms with Crippen LogP contribution in [0.3, 0.4) is 0 Å². The lowest BCUT2D eigenvalue weighted by Crippen LogP contribution is -2.46. The summed E-state index contributed by atoms with van der Waals surface area (Å²) in [5.74, 6) is 0.852. The quantitative estimate of drug-likeness (QED) is 0.401. The molecule has 0 saturated heterocycles. The predicted octanol–water partition coefficient (Wildman–Crippen LogP) is 4.08. The minimum absolute atomic E-state index is 0.852. The normalized spacial score (nSPS) is 15.6. The van der Waals surface area contributed by atoms with Crippen LogP contribution < -0.4 is 0 Å². The average molecular weight is 214 g/mol. The monoisotopic (exact) mass is 214 g/mol. The van der Waals surface area contributed by atoms with Gasteiger partial charge in [0.05, 0.1) is 26.7 Å². The maximum atomic E-state index is 2.45. The molecule has 92 valence electrons. The van der Waals surface area contributed by atoms with Crippen LogP contribution in [0.25, 0.3) is 0 Å². The Kier molecular flexibility index (Phi) is 8.13. The minimum atomic E-state index is 0.852. The van der Waals surface area contributed by atoms with Gasteiger partial charge in [-0.25, -0.2) is 0 Å². The van der Waals surface area contributed by atoms with Crippen LogP contribution in [0.2, 0.25) is 0 Å². The number of hydrogen-bond acceptors (Lipinski definition) is 0. The van der Waals surface area contributed by atoms with E-state index in [0.717, 1.165) is 5.92 Å². The lowest BCUT2D eigenvalue weighted by Gasteiger charge is -2.35. The molecule has 1 heteroatoms. The van der Waals surface area contributed by atoms with Crippen LogP contribution >= 0.6 is 0 Å². The van der Waals surface area contributed by atoms with E-state index in [1.54, 1.807) is 0 Å². The highest BCUT2D eigenvalue weighted by Gasteiger charge is 2.19. The molecule has 0 saturated carbocycles. The third kappa shape index (κ3) is 7.84. The second-order valence-corrected chi connectivity index (χ2v) is 5.68. The predicted molar refractivity (Wildman–Crippen MR) is 70.1 cm³/mol. The van der Waals surface area contributed by atoms with E-state index in [2.05, 4.69) is 34.7 Å². The van der Waals surface area contributed by atoms with Crippen molar-refractivity contribution in [3.05, 3.63) is 0 Å². The summed E-state index contributed by atoms with van der Waals surface area (Å²) in [6.07, 6.45) is 6.85. The standard InChI is InChI=1S/C14H32N/c1-6-8-9-12-15(5,11-7-2)13-10-14(3)4/h14H,6-13H2,1-5H3/q+1. The number of rotatable bonds is 9. The van der Waals surface area contributed by atoms with E-state index in [4.69, 9.17) is 0 Å². The molecular formula is C14H32N+. The van der Waals surface area contributed by atoms with Crippen molar-refractivity contribution in [3.63, 3.8) is 0 Å². The molecule has 0 radical (unpaired) electrons. The van der Waals surface area contributed by atoms with Gasteiger partial charge in [0.2, 0.25) is 0 Å². The summed E-state index contributed by atoms with van der Waals surface area (Å²) in [6.45, 7) is 13.4. The number of unbranched alkanes of at least 4 members (excludes halogenated alkanes) is 2. The van der Waals surface area contributed by atoms with Crippen molar-refractivity contribution in [3.8, 4) is 0 Å². The number of quaternary nitrogens is 1. The van der Waals surface area contributed by atoms with Gasteiger partial charge in [-0.1, -0.05) is 34.1 Å². The molecule has 0 aromatic heterocycles. The van der Waals surface area contributed by atoms with Gasteiger partial charge >= 0.3 is 0 Å². The highest BCUT2D eigenvalue weighted by Crippen LogP contribution is 2.12. The third-order valence-electron chi connectivity index (χ3n) is 3.31. The molecule has 15 heavy (non-hydrogen) atoms. The third-order valence-corrected chi connectivity index (χ3v) is 3.31. The molecule has 0 rings (SSSR count). The molecular weight excluding hydrogens is 182 g/mol. The van der Waals surface area contributed by atoms with Gasteiger partial charge in [0.15, 0.2) is 0 Å². The van der Waals surface area contributed by atoms with Crippen molar-refractivity contribution in [2.45, 2.75) is 59.8 Å². The molecule has 0 aliphatic heterocycles. The van der Waals surface area contributed by atoms with Gasteiger partial charge in [-0.15, -0.1) is 0 Å². The van der Waals surface area contributed by atoms with Gasteiger partial charge in [-0.2, -0.15) is 0 Å². The summed E-state index contributed by atoms with van der Waals surface area (Å²) in [4.78, 5) is 0. The molecule has 0 spiro atoms. The van der Waals surface area contributed by atoms with Crippen molar-refractivity contribution in [2.24, 2.45) is 5.92 Å². The van der Waals surface area contributed by atoms with E-state index < -0.39 is 0 Å². The Balaban J connectivity index is 3.94. The second-order valence-electron chi connectivity index (χ2n) is 5.68. The van der Waals surface area contributed by atoms with E-state index in [-0.39, 0.29) is 0 Å². The SMILES string of the molecule is CCCCC[N+](C)(CCC)CCC(C)C. The molecule has 0 aromatic carbocycles. The van der Waals surface area contributed by atoms with Crippen molar-refractivity contribution in [2.75, 3.05) is 26.7 Å². The molecule has 1 nitrogen and oxygen atoms in total. The summed E-state index contributed by atoms with van der Waals surface area (Å²) >= 11 is 0. The Labute approximate surface area is 97.5 Å². The molecule has 0 bridgehead atoms. The van der Waals surface area contributed by atoms with Crippen LogP contribution in [-0.2, 0) is 0 Å². The molecule has 0 fully saturated rings. The van der Waals surface area contributed by atoms with E-state index in [0.29, 0.717) is 0 Å². The van der Waals surface area contributed by atoms with Gasteiger partial charge in [-0.3, -0.25) is 0 Å². The van der Waals surface area contributed by atoms with Gasteiger partial charge in [0.25, 0.3) is 0 Å². The molecule has 0 aromatic rings. The van der Waals surface area contributed by atoms with Crippen molar-refractivity contribution in [1.82, 2.24) is 0 Å². The fourth-order valence-corrected chi connectivity index (χ4v) is 2.19. The minimum Gasteiger partial charge on any atom is -0.326 e. The Hall–Kier alpha value is -0.0400. The van der Waals surface area contributed by atoms with Crippen molar-refractivity contribution < 1.29 is 4.48 Å². The number of hydrogen-bond donors (Lipinski definition) is 0. The smallest absolute Gasteiger partial charge is 0.0787 e. The molecule has 0 aliphatic carbocycles.